The Morgan fingerprint density at radius 3 is 2.56 bits per heavy atom. The molecule has 50 valence electrons. The summed E-state index contributed by atoms with van der Waals surface area (Å²) in [5, 5.41) is 3.55. The highest BCUT2D eigenvalue weighted by molar-refractivity contribution is 5.70. The van der Waals surface area contributed by atoms with Crippen LogP contribution >= 0.6 is 0 Å². The van der Waals surface area contributed by atoms with E-state index >= 15 is 0 Å². The fraction of sp³-hybridized carbons (Fsp3) is 0.286. The Bertz CT molecular complexity index is 125. The van der Waals surface area contributed by atoms with Gasteiger partial charge in [-0.2, -0.15) is 0 Å². The first-order valence-corrected chi connectivity index (χ1v) is 2.83. The van der Waals surface area contributed by atoms with Crippen molar-refractivity contribution in [2.75, 3.05) is 0 Å². The van der Waals surface area contributed by atoms with Crippen LogP contribution in [-0.2, 0) is 4.84 Å². The highest BCUT2D eigenvalue weighted by atomic mass is 16.6. The molecular formula is C7H11NO. The summed E-state index contributed by atoms with van der Waals surface area (Å²) in [6, 6.07) is 0. The number of rotatable bonds is 3. The summed E-state index contributed by atoms with van der Waals surface area (Å²) in [5.74, 6) is 0. The molecule has 0 aliphatic heterocycles. The van der Waals surface area contributed by atoms with Crippen LogP contribution < -0.4 is 0 Å². The van der Waals surface area contributed by atoms with Crippen molar-refractivity contribution in [3.8, 4) is 0 Å². The molecule has 0 amide bonds. The van der Waals surface area contributed by atoms with Crippen LogP contribution in [0.1, 0.15) is 13.8 Å². The summed E-state index contributed by atoms with van der Waals surface area (Å²) in [4.78, 5) is 4.62. The van der Waals surface area contributed by atoms with Crippen molar-refractivity contribution in [3.05, 3.63) is 24.5 Å². The van der Waals surface area contributed by atoms with Crippen LogP contribution in [-0.4, -0.2) is 6.21 Å². The molecule has 0 saturated heterocycles. The Morgan fingerprint density at radius 1 is 1.22 bits per heavy atom. The van der Waals surface area contributed by atoms with Crippen LogP contribution in [0.4, 0.5) is 0 Å². The summed E-state index contributed by atoms with van der Waals surface area (Å²) in [6.07, 6.45) is 8.54. The van der Waals surface area contributed by atoms with E-state index in [1.165, 1.54) is 6.26 Å². The number of nitrogens with zero attached hydrogens (tertiary/aromatic N) is 1. The van der Waals surface area contributed by atoms with Crippen molar-refractivity contribution >= 4 is 6.21 Å². The molecule has 0 aromatic rings. The van der Waals surface area contributed by atoms with Crippen LogP contribution in [0.15, 0.2) is 29.6 Å². The molecule has 0 spiro atoms. The second kappa shape index (κ2) is 6.95. The molecular weight excluding hydrogens is 114 g/mol. The molecule has 0 aromatic carbocycles. The van der Waals surface area contributed by atoms with Crippen LogP contribution in [0.5, 0.6) is 0 Å². The zero-order chi connectivity index (χ0) is 6.95. The van der Waals surface area contributed by atoms with Crippen molar-refractivity contribution < 1.29 is 4.84 Å². The lowest BCUT2D eigenvalue weighted by molar-refractivity contribution is 0.270. The molecule has 0 atom stereocenters. The molecule has 0 rings (SSSR count). The maximum Gasteiger partial charge on any atom is 0.117 e. The number of hydrogen-bond donors (Lipinski definition) is 0. The number of oxime groups is 1. The van der Waals surface area contributed by atoms with Crippen molar-refractivity contribution in [2.24, 2.45) is 5.16 Å². The molecule has 0 unspecified atom stereocenters. The van der Waals surface area contributed by atoms with Gasteiger partial charge in [0, 0.05) is 0 Å². The molecule has 0 aliphatic rings. The van der Waals surface area contributed by atoms with Gasteiger partial charge in [-0.3, -0.25) is 0 Å². The Kier molecular flexibility index (Phi) is 6.14. The van der Waals surface area contributed by atoms with Gasteiger partial charge >= 0.3 is 0 Å². The summed E-state index contributed by atoms with van der Waals surface area (Å²) in [7, 11) is 0. The highest BCUT2D eigenvalue weighted by Crippen LogP contribution is 1.76. The van der Waals surface area contributed by atoms with Gasteiger partial charge < -0.3 is 4.84 Å². The SMILES string of the molecule is C/C=C\O/N=C\C=C\C. The third-order valence-corrected chi connectivity index (χ3v) is 0.597. The van der Waals surface area contributed by atoms with Crippen LogP contribution in [0.2, 0.25) is 0 Å². The minimum atomic E-state index is 1.51. The highest BCUT2D eigenvalue weighted by Gasteiger charge is 1.62. The Hall–Kier alpha value is -1.05. The summed E-state index contributed by atoms with van der Waals surface area (Å²) < 4.78 is 0. The van der Waals surface area contributed by atoms with E-state index in [2.05, 4.69) is 9.99 Å². The predicted octanol–water partition coefficient (Wildman–Crippen LogP) is 2.10. The van der Waals surface area contributed by atoms with E-state index in [4.69, 9.17) is 0 Å². The number of hydrogen-bond acceptors (Lipinski definition) is 2. The van der Waals surface area contributed by atoms with Gasteiger partial charge in [-0.05, 0) is 26.0 Å². The molecule has 0 bridgehead atoms. The van der Waals surface area contributed by atoms with Gasteiger partial charge in [0.05, 0.1) is 6.21 Å². The van der Waals surface area contributed by atoms with E-state index in [-0.39, 0.29) is 0 Å². The van der Waals surface area contributed by atoms with Gasteiger partial charge in [0.1, 0.15) is 6.26 Å². The lowest BCUT2D eigenvalue weighted by atomic mass is 10.6. The minimum Gasteiger partial charge on any atom is -0.365 e. The first-order valence-electron chi connectivity index (χ1n) is 2.83. The maximum absolute atomic E-state index is 4.62. The Morgan fingerprint density at radius 2 is 2.00 bits per heavy atom. The first kappa shape index (κ1) is 7.95. The molecule has 0 radical (unpaired) electrons. The van der Waals surface area contributed by atoms with Gasteiger partial charge in [0.15, 0.2) is 0 Å². The van der Waals surface area contributed by atoms with E-state index in [0.717, 1.165) is 0 Å². The van der Waals surface area contributed by atoms with Crippen LogP contribution in [0, 0.1) is 0 Å². The van der Waals surface area contributed by atoms with Gasteiger partial charge in [-0.1, -0.05) is 11.2 Å². The third-order valence-electron chi connectivity index (χ3n) is 0.597. The van der Waals surface area contributed by atoms with Crippen molar-refractivity contribution in [1.29, 1.82) is 0 Å². The topological polar surface area (TPSA) is 21.6 Å². The van der Waals surface area contributed by atoms with E-state index < -0.39 is 0 Å². The van der Waals surface area contributed by atoms with Crippen LogP contribution in [0.3, 0.4) is 0 Å². The first-order chi connectivity index (χ1) is 4.41. The Balaban J connectivity index is 3.25. The summed E-state index contributed by atoms with van der Waals surface area (Å²) in [6.45, 7) is 3.78. The molecule has 0 aliphatic carbocycles. The molecule has 0 N–H and O–H groups in total. The lowest BCUT2D eigenvalue weighted by Crippen LogP contribution is -1.66. The van der Waals surface area contributed by atoms with Crippen molar-refractivity contribution in [2.45, 2.75) is 13.8 Å². The van der Waals surface area contributed by atoms with E-state index in [1.54, 1.807) is 18.4 Å². The summed E-state index contributed by atoms with van der Waals surface area (Å²) >= 11 is 0. The standard InChI is InChI=1S/C7H11NO/c1-3-5-6-8-9-7-4-2/h3-7H,1-2H3/b5-3+,7-4-,8-6-. The van der Waals surface area contributed by atoms with Gasteiger partial charge in [0.2, 0.25) is 0 Å². The number of allylic oxidation sites excluding steroid dienone is 3. The molecule has 0 fully saturated rings. The third kappa shape index (κ3) is 6.95. The smallest absolute Gasteiger partial charge is 0.117 e. The lowest BCUT2D eigenvalue weighted by Gasteiger charge is -1.81. The largest absolute Gasteiger partial charge is 0.365 e. The van der Waals surface area contributed by atoms with Crippen molar-refractivity contribution in [1.82, 2.24) is 0 Å². The van der Waals surface area contributed by atoms with Crippen LogP contribution in [0.25, 0.3) is 0 Å². The minimum absolute atomic E-state index is 1.51. The average Bonchev–Trinajstić information content (AvgIpc) is 1.89. The van der Waals surface area contributed by atoms with Gasteiger partial charge in [0.25, 0.3) is 0 Å². The van der Waals surface area contributed by atoms with E-state index in [9.17, 15) is 0 Å². The average molecular weight is 125 g/mol. The summed E-state index contributed by atoms with van der Waals surface area (Å²) in [5.41, 5.74) is 0. The van der Waals surface area contributed by atoms with Gasteiger partial charge in [-0.25, -0.2) is 0 Å². The molecule has 0 heterocycles. The zero-order valence-corrected chi connectivity index (χ0v) is 5.74. The predicted molar refractivity (Wildman–Crippen MR) is 39.2 cm³/mol. The van der Waals surface area contributed by atoms with Gasteiger partial charge in [-0.15, -0.1) is 0 Å². The van der Waals surface area contributed by atoms with Crippen molar-refractivity contribution in [3.63, 3.8) is 0 Å². The molecule has 2 nitrogen and oxygen atoms in total. The van der Waals surface area contributed by atoms with E-state index in [1.807, 2.05) is 19.9 Å². The second-order valence-corrected chi connectivity index (χ2v) is 1.36. The fourth-order valence-electron chi connectivity index (χ4n) is 0.252. The quantitative estimate of drug-likeness (QED) is 0.321. The monoisotopic (exact) mass is 125 g/mol. The molecule has 2 heteroatoms. The zero-order valence-electron chi connectivity index (χ0n) is 5.74. The normalized spacial score (nSPS) is 12.2. The fourth-order valence-corrected chi connectivity index (χ4v) is 0.252. The molecule has 9 heavy (non-hydrogen) atoms. The second-order valence-electron chi connectivity index (χ2n) is 1.36. The molecule has 0 aromatic heterocycles. The maximum atomic E-state index is 4.62. The van der Waals surface area contributed by atoms with E-state index in [0.29, 0.717) is 0 Å². The Labute approximate surface area is 55.5 Å². The molecule has 0 saturated carbocycles.